The lowest BCUT2D eigenvalue weighted by Gasteiger charge is -2.17. The first-order valence-electron chi connectivity index (χ1n) is 9.63. The van der Waals surface area contributed by atoms with E-state index in [-0.39, 0.29) is 23.3 Å². The van der Waals surface area contributed by atoms with Crippen LogP contribution in [0.2, 0.25) is 0 Å². The van der Waals surface area contributed by atoms with E-state index in [0.717, 1.165) is 17.0 Å². The Kier molecular flexibility index (Phi) is 7.35. The van der Waals surface area contributed by atoms with Crippen LogP contribution in [-0.4, -0.2) is 31.1 Å². The van der Waals surface area contributed by atoms with E-state index >= 15 is 0 Å². The zero-order valence-electron chi connectivity index (χ0n) is 17.3. The maximum Gasteiger partial charge on any atom is 0.258 e. The van der Waals surface area contributed by atoms with Gasteiger partial charge in [0.05, 0.1) is 13.5 Å². The summed E-state index contributed by atoms with van der Waals surface area (Å²) in [6.07, 6.45) is 0.199. The molecule has 0 radical (unpaired) electrons. The van der Waals surface area contributed by atoms with Crippen molar-refractivity contribution in [3.05, 3.63) is 90.0 Å². The molecule has 0 aliphatic carbocycles. The Morgan fingerprint density at radius 2 is 1.58 bits per heavy atom. The number of amides is 2. The number of rotatable bonds is 6. The summed E-state index contributed by atoms with van der Waals surface area (Å²) in [7, 11) is 3.33. The minimum atomic E-state index is -0.223. The lowest BCUT2D eigenvalue weighted by atomic mass is 10.1. The van der Waals surface area contributed by atoms with Gasteiger partial charge in [0.15, 0.2) is 5.11 Å². The van der Waals surface area contributed by atoms with E-state index in [9.17, 15) is 9.59 Å². The van der Waals surface area contributed by atoms with Gasteiger partial charge in [0.1, 0.15) is 5.75 Å². The van der Waals surface area contributed by atoms with Gasteiger partial charge in [0.25, 0.3) is 5.91 Å². The Hall–Kier alpha value is -3.71. The molecule has 6 nitrogen and oxygen atoms in total. The fourth-order valence-electron chi connectivity index (χ4n) is 2.92. The maximum atomic E-state index is 12.7. The number of hydrogen-bond donors (Lipinski definition) is 2. The lowest BCUT2D eigenvalue weighted by Crippen LogP contribution is -2.35. The molecule has 0 saturated heterocycles. The highest BCUT2D eigenvalue weighted by atomic mass is 32.1. The number of methoxy groups -OCH3 is 1. The second-order valence-corrected chi connectivity index (χ2v) is 7.21. The molecule has 3 rings (SSSR count). The van der Waals surface area contributed by atoms with Gasteiger partial charge in [-0.05, 0) is 66.3 Å². The molecule has 0 heterocycles. The summed E-state index contributed by atoms with van der Waals surface area (Å²) in [6.45, 7) is 0. The average molecular weight is 434 g/mol. The summed E-state index contributed by atoms with van der Waals surface area (Å²) in [5, 5.41) is 5.81. The zero-order valence-corrected chi connectivity index (χ0v) is 18.1. The summed E-state index contributed by atoms with van der Waals surface area (Å²) < 4.78 is 5.11. The Balaban J connectivity index is 1.53. The van der Waals surface area contributed by atoms with Crippen molar-refractivity contribution in [3.8, 4) is 5.75 Å². The summed E-state index contributed by atoms with van der Waals surface area (Å²) >= 11 is 5.22. The molecule has 0 unspecified atom stereocenters. The van der Waals surface area contributed by atoms with Crippen molar-refractivity contribution >= 4 is 40.5 Å². The molecule has 2 N–H and O–H groups in total. The SMILES string of the molecule is COc1ccc(CC(=O)NC(=S)Nc2ccc(C(=O)N(C)c3ccccc3)cc2)cc1. The van der Waals surface area contributed by atoms with Crippen molar-refractivity contribution in [3.63, 3.8) is 0 Å². The van der Waals surface area contributed by atoms with Gasteiger partial charge in [-0.25, -0.2) is 0 Å². The van der Waals surface area contributed by atoms with E-state index in [1.165, 1.54) is 0 Å². The van der Waals surface area contributed by atoms with Gasteiger partial charge in [-0.1, -0.05) is 30.3 Å². The molecule has 3 aromatic carbocycles. The van der Waals surface area contributed by atoms with Crippen LogP contribution in [0.5, 0.6) is 5.75 Å². The molecule has 0 aliphatic heterocycles. The smallest absolute Gasteiger partial charge is 0.258 e. The van der Waals surface area contributed by atoms with Crippen molar-refractivity contribution in [2.24, 2.45) is 0 Å². The van der Waals surface area contributed by atoms with Crippen molar-refractivity contribution in [2.75, 3.05) is 24.4 Å². The highest BCUT2D eigenvalue weighted by molar-refractivity contribution is 7.80. The van der Waals surface area contributed by atoms with Gasteiger partial charge < -0.3 is 20.3 Å². The number of benzene rings is 3. The van der Waals surface area contributed by atoms with E-state index < -0.39 is 0 Å². The monoisotopic (exact) mass is 433 g/mol. The number of para-hydroxylation sites is 1. The fourth-order valence-corrected chi connectivity index (χ4v) is 3.15. The first-order valence-corrected chi connectivity index (χ1v) is 10.0. The second-order valence-electron chi connectivity index (χ2n) is 6.80. The largest absolute Gasteiger partial charge is 0.497 e. The number of anilines is 2. The van der Waals surface area contributed by atoms with Gasteiger partial charge >= 0.3 is 0 Å². The summed E-state index contributed by atoms with van der Waals surface area (Å²) in [6, 6.07) is 23.6. The third kappa shape index (κ3) is 6.13. The predicted molar refractivity (Wildman–Crippen MR) is 127 cm³/mol. The molecule has 0 spiro atoms. The van der Waals surface area contributed by atoms with Crippen LogP contribution >= 0.6 is 12.2 Å². The highest BCUT2D eigenvalue weighted by Crippen LogP contribution is 2.17. The van der Waals surface area contributed by atoms with E-state index in [1.807, 2.05) is 42.5 Å². The normalized spacial score (nSPS) is 10.1. The first kappa shape index (κ1) is 22.0. The van der Waals surface area contributed by atoms with E-state index in [0.29, 0.717) is 11.3 Å². The number of carbonyl (C=O) groups is 2. The predicted octanol–water partition coefficient (Wildman–Crippen LogP) is 4.03. The molecule has 0 bridgehead atoms. The molecule has 3 aromatic rings. The third-order valence-electron chi connectivity index (χ3n) is 4.61. The summed E-state index contributed by atoms with van der Waals surface area (Å²) in [4.78, 5) is 26.4. The standard InChI is InChI=1S/C24H23N3O3S/c1-27(20-6-4-3-5-7-20)23(29)18-10-12-19(13-11-18)25-24(31)26-22(28)16-17-8-14-21(30-2)15-9-17/h3-15H,16H2,1-2H3,(H2,25,26,28,31). The van der Waals surface area contributed by atoms with Crippen LogP contribution in [0.4, 0.5) is 11.4 Å². The van der Waals surface area contributed by atoms with Crippen LogP contribution in [0, 0.1) is 0 Å². The fraction of sp³-hybridized carbons (Fsp3) is 0.125. The molecule has 158 valence electrons. The van der Waals surface area contributed by atoms with Crippen LogP contribution in [0.15, 0.2) is 78.9 Å². The van der Waals surface area contributed by atoms with Crippen molar-refractivity contribution in [1.82, 2.24) is 5.32 Å². The second kappa shape index (κ2) is 10.4. The molecule has 0 aromatic heterocycles. The Labute approximate surface area is 186 Å². The third-order valence-corrected chi connectivity index (χ3v) is 4.82. The van der Waals surface area contributed by atoms with E-state index in [1.54, 1.807) is 55.5 Å². The Bertz CT molecular complexity index is 1050. The number of thiocarbonyl (C=S) groups is 1. The lowest BCUT2D eigenvalue weighted by molar-refractivity contribution is -0.119. The molecule has 0 fully saturated rings. The molecule has 7 heteroatoms. The van der Waals surface area contributed by atoms with Crippen molar-refractivity contribution in [2.45, 2.75) is 6.42 Å². The van der Waals surface area contributed by atoms with Crippen LogP contribution < -0.4 is 20.3 Å². The zero-order chi connectivity index (χ0) is 22.2. The van der Waals surface area contributed by atoms with Gasteiger partial charge in [-0.3, -0.25) is 9.59 Å². The topological polar surface area (TPSA) is 70.7 Å². The number of nitrogens with zero attached hydrogens (tertiary/aromatic N) is 1. The first-order chi connectivity index (χ1) is 15.0. The van der Waals surface area contributed by atoms with Crippen LogP contribution in [0.1, 0.15) is 15.9 Å². The van der Waals surface area contributed by atoms with Crippen LogP contribution in [-0.2, 0) is 11.2 Å². The van der Waals surface area contributed by atoms with Gasteiger partial charge in [0.2, 0.25) is 5.91 Å². The summed E-state index contributed by atoms with van der Waals surface area (Å²) in [5.74, 6) is 0.394. The number of ether oxygens (including phenoxy) is 1. The highest BCUT2D eigenvalue weighted by Gasteiger charge is 2.13. The molecule has 0 saturated carbocycles. The molecule has 0 atom stereocenters. The van der Waals surface area contributed by atoms with Gasteiger partial charge in [-0.2, -0.15) is 0 Å². The van der Waals surface area contributed by atoms with Crippen LogP contribution in [0.25, 0.3) is 0 Å². The minimum Gasteiger partial charge on any atom is -0.497 e. The van der Waals surface area contributed by atoms with Crippen molar-refractivity contribution in [1.29, 1.82) is 0 Å². The maximum absolute atomic E-state index is 12.7. The molecular formula is C24H23N3O3S. The van der Waals surface area contributed by atoms with Gasteiger partial charge in [-0.15, -0.1) is 0 Å². The average Bonchev–Trinajstić information content (AvgIpc) is 2.79. The number of nitrogens with one attached hydrogen (secondary N) is 2. The van der Waals surface area contributed by atoms with Crippen LogP contribution in [0.3, 0.4) is 0 Å². The van der Waals surface area contributed by atoms with Gasteiger partial charge in [0, 0.05) is 24.0 Å². The minimum absolute atomic E-state index is 0.117. The quantitative estimate of drug-likeness (QED) is 0.575. The number of hydrogen-bond acceptors (Lipinski definition) is 4. The number of carbonyl (C=O) groups excluding carboxylic acids is 2. The molecule has 0 aliphatic rings. The Morgan fingerprint density at radius 3 is 2.19 bits per heavy atom. The Morgan fingerprint density at radius 1 is 0.935 bits per heavy atom. The van der Waals surface area contributed by atoms with Crippen molar-refractivity contribution < 1.29 is 14.3 Å². The van der Waals surface area contributed by atoms with E-state index in [2.05, 4.69) is 10.6 Å². The van der Waals surface area contributed by atoms with E-state index in [4.69, 9.17) is 17.0 Å². The molecule has 31 heavy (non-hydrogen) atoms. The molecule has 2 amide bonds. The summed E-state index contributed by atoms with van der Waals surface area (Å²) in [5.41, 5.74) is 2.89. The molecular weight excluding hydrogens is 410 g/mol.